The monoisotopic (exact) mass is 319 g/mol. The highest BCUT2D eigenvalue weighted by Gasteiger charge is 2.15. The first kappa shape index (κ1) is 16.3. The topological polar surface area (TPSA) is 71.1 Å². The van der Waals surface area contributed by atoms with E-state index < -0.39 is 10.0 Å². The molecule has 6 heteroatoms. The van der Waals surface area contributed by atoms with Crippen LogP contribution in [0.5, 0.6) is 0 Å². The van der Waals surface area contributed by atoms with Crippen LogP contribution in [0.4, 0.5) is 11.5 Å². The Labute approximate surface area is 131 Å². The number of benzene rings is 1. The van der Waals surface area contributed by atoms with Crippen molar-refractivity contribution in [3.05, 3.63) is 47.7 Å². The van der Waals surface area contributed by atoms with Gasteiger partial charge < -0.3 is 5.32 Å². The lowest BCUT2D eigenvalue weighted by Gasteiger charge is -2.11. The molecule has 0 aliphatic rings. The van der Waals surface area contributed by atoms with Crippen LogP contribution in [0.3, 0.4) is 0 Å². The molecule has 0 fully saturated rings. The predicted octanol–water partition coefficient (Wildman–Crippen LogP) is 3.32. The Balaban J connectivity index is 2.19. The van der Waals surface area contributed by atoms with Crippen LogP contribution in [0.25, 0.3) is 0 Å². The first-order chi connectivity index (χ1) is 10.3. The van der Waals surface area contributed by atoms with Crippen molar-refractivity contribution in [2.75, 3.05) is 10.0 Å². The summed E-state index contributed by atoms with van der Waals surface area (Å²) < 4.78 is 27.3. The van der Waals surface area contributed by atoms with E-state index in [9.17, 15) is 8.42 Å². The lowest BCUT2D eigenvalue weighted by molar-refractivity contribution is 0.601. The molecule has 2 N–H and O–H groups in total. The lowest BCUT2D eigenvalue weighted by atomic mass is 10.1. The first-order valence-electron chi connectivity index (χ1n) is 7.10. The zero-order valence-electron chi connectivity index (χ0n) is 13.2. The number of rotatable bonds is 5. The van der Waals surface area contributed by atoms with Crippen LogP contribution in [0.2, 0.25) is 0 Å². The van der Waals surface area contributed by atoms with Gasteiger partial charge in [-0.25, -0.2) is 13.4 Å². The van der Waals surface area contributed by atoms with E-state index in [0.29, 0.717) is 11.5 Å². The van der Waals surface area contributed by atoms with Crippen molar-refractivity contribution in [1.82, 2.24) is 4.98 Å². The van der Waals surface area contributed by atoms with Crippen LogP contribution in [-0.2, 0) is 10.0 Å². The molecule has 0 amide bonds. The van der Waals surface area contributed by atoms with Gasteiger partial charge >= 0.3 is 0 Å². The summed E-state index contributed by atoms with van der Waals surface area (Å²) in [5, 5.41) is 3.15. The van der Waals surface area contributed by atoms with E-state index in [1.807, 2.05) is 27.7 Å². The molecule has 2 aromatic rings. The molecule has 0 aliphatic carbocycles. The Hall–Kier alpha value is -2.08. The van der Waals surface area contributed by atoms with E-state index in [1.165, 1.54) is 6.20 Å². The van der Waals surface area contributed by atoms with Crippen LogP contribution in [0.15, 0.2) is 41.4 Å². The Morgan fingerprint density at radius 1 is 1.05 bits per heavy atom. The van der Waals surface area contributed by atoms with E-state index >= 15 is 0 Å². The molecule has 0 bridgehead atoms. The molecule has 0 atom stereocenters. The summed E-state index contributed by atoms with van der Waals surface area (Å²) in [6.07, 6.45) is 1.50. The zero-order valence-corrected chi connectivity index (χ0v) is 14.0. The highest BCUT2D eigenvalue weighted by atomic mass is 32.2. The second kappa shape index (κ2) is 6.36. The van der Waals surface area contributed by atoms with Gasteiger partial charge in [0, 0.05) is 6.04 Å². The van der Waals surface area contributed by atoms with Crippen LogP contribution in [0.1, 0.15) is 25.0 Å². The maximum absolute atomic E-state index is 12.4. The average Bonchev–Trinajstić information content (AvgIpc) is 2.43. The third kappa shape index (κ3) is 3.98. The molecular weight excluding hydrogens is 298 g/mol. The van der Waals surface area contributed by atoms with Gasteiger partial charge in [-0.3, -0.25) is 4.72 Å². The van der Waals surface area contributed by atoms with E-state index in [-0.39, 0.29) is 10.9 Å². The summed E-state index contributed by atoms with van der Waals surface area (Å²) in [4.78, 5) is 4.44. The van der Waals surface area contributed by atoms with Gasteiger partial charge in [0.05, 0.1) is 16.8 Å². The Kier molecular flexibility index (Phi) is 4.71. The summed E-state index contributed by atoms with van der Waals surface area (Å²) in [6, 6.07) is 8.78. The number of anilines is 2. The fourth-order valence-corrected chi connectivity index (χ4v) is 3.06. The van der Waals surface area contributed by atoms with Gasteiger partial charge in [-0.2, -0.15) is 0 Å². The zero-order chi connectivity index (χ0) is 16.3. The number of sulfonamides is 1. The molecule has 118 valence electrons. The normalized spacial score (nSPS) is 11.5. The van der Waals surface area contributed by atoms with Crippen molar-refractivity contribution in [2.45, 2.75) is 38.6 Å². The van der Waals surface area contributed by atoms with Crippen LogP contribution in [-0.4, -0.2) is 19.4 Å². The van der Waals surface area contributed by atoms with Gasteiger partial charge in [0.25, 0.3) is 10.0 Å². The number of aryl methyl sites for hydroxylation is 2. The Morgan fingerprint density at radius 2 is 1.77 bits per heavy atom. The van der Waals surface area contributed by atoms with E-state index in [0.717, 1.165) is 11.1 Å². The summed E-state index contributed by atoms with van der Waals surface area (Å²) in [5.74, 6) is 0.712. The largest absolute Gasteiger partial charge is 0.368 e. The predicted molar refractivity (Wildman–Crippen MR) is 89.7 cm³/mol. The maximum atomic E-state index is 12.4. The molecular formula is C16H21N3O2S. The van der Waals surface area contributed by atoms with Crippen molar-refractivity contribution in [3.8, 4) is 0 Å². The van der Waals surface area contributed by atoms with Gasteiger partial charge in [0.15, 0.2) is 0 Å². The van der Waals surface area contributed by atoms with Gasteiger partial charge in [-0.05, 0) is 63.1 Å². The minimum Gasteiger partial charge on any atom is -0.368 e. The van der Waals surface area contributed by atoms with Gasteiger partial charge in [0.2, 0.25) is 0 Å². The number of nitrogens with one attached hydrogen (secondary N) is 2. The molecule has 1 heterocycles. The van der Waals surface area contributed by atoms with Gasteiger partial charge in [0.1, 0.15) is 5.82 Å². The summed E-state index contributed by atoms with van der Waals surface area (Å²) >= 11 is 0. The third-order valence-electron chi connectivity index (χ3n) is 3.24. The third-order valence-corrected chi connectivity index (χ3v) is 4.62. The van der Waals surface area contributed by atoms with Crippen LogP contribution >= 0.6 is 0 Å². The SMILES string of the molecule is Cc1ccc(S(=O)(=O)Nc2ccc(NC(C)C)nc2)cc1C. The molecule has 22 heavy (non-hydrogen) atoms. The standard InChI is InChI=1S/C16H21N3O2S/c1-11(2)18-16-8-6-14(10-17-16)19-22(20,21)15-7-5-12(3)13(4)9-15/h5-11,19H,1-4H3,(H,17,18). The van der Waals surface area contributed by atoms with Crippen molar-refractivity contribution >= 4 is 21.5 Å². The molecule has 5 nitrogen and oxygen atoms in total. The summed E-state index contributed by atoms with van der Waals surface area (Å²) in [6.45, 7) is 7.86. The smallest absolute Gasteiger partial charge is 0.261 e. The van der Waals surface area contributed by atoms with Crippen LogP contribution in [0, 0.1) is 13.8 Å². The summed E-state index contributed by atoms with van der Waals surface area (Å²) in [5.41, 5.74) is 2.44. The summed E-state index contributed by atoms with van der Waals surface area (Å²) in [7, 11) is -3.60. The maximum Gasteiger partial charge on any atom is 0.261 e. The van der Waals surface area contributed by atoms with Crippen LogP contribution < -0.4 is 10.0 Å². The molecule has 0 saturated carbocycles. The Morgan fingerprint density at radius 3 is 2.32 bits per heavy atom. The minimum atomic E-state index is -3.60. The van der Waals surface area contributed by atoms with Crippen molar-refractivity contribution < 1.29 is 8.42 Å². The van der Waals surface area contributed by atoms with E-state index in [2.05, 4.69) is 15.0 Å². The highest BCUT2D eigenvalue weighted by Crippen LogP contribution is 2.19. The molecule has 1 aromatic carbocycles. The lowest BCUT2D eigenvalue weighted by Crippen LogP contribution is -2.14. The van der Waals surface area contributed by atoms with Gasteiger partial charge in [-0.15, -0.1) is 0 Å². The van der Waals surface area contributed by atoms with E-state index in [1.54, 1.807) is 30.3 Å². The molecule has 2 rings (SSSR count). The fraction of sp³-hybridized carbons (Fsp3) is 0.312. The second-order valence-corrected chi connectivity index (χ2v) is 7.27. The second-order valence-electron chi connectivity index (χ2n) is 5.58. The van der Waals surface area contributed by atoms with Crippen molar-refractivity contribution in [1.29, 1.82) is 0 Å². The number of hydrogen-bond acceptors (Lipinski definition) is 4. The van der Waals surface area contributed by atoms with Crippen molar-refractivity contribution in [2.24, 2.45) is 0 Å². The molecule has 0 unspecified atom stereocenters. The van der Waals surface area contributed by atoms with Crippen molar-refractivity contribution in [3.63, 3.8) is 0 Å². The average molecular weight is 319 g/mol. The first-order valence-corrected chi connectivity index (χ1v) is 8.59. The van der Waals surface area contributed by atoms with Gasteiger partial charge in [-0.1, -0.05) is 6.07 Å². The number of pyridine rings is 1. The molecule has 0 radical (unpaired) electrons. The molecule has 0 spiro atoms. The minimum absolute atomic E-state index is 0.250. The Bertz CT molecular complexity index is 753. The molecule has 1 aromatic heterocycles. The fourth-order valence-electron chi connectivity index (χ4n) is 1.93. The number of aromatic nitrogens is 1. The number of hydrogen-bond donors (Lipinski definition) is 2. The molecule has 0 saturated heterocycles. The highest BCUT2D eigenvalue weighted by molar-refractivity contribution is 7.92. The quantitative estimate of drug-likeness (QED) is 0.887. The van der Waals surface area contributed by atoms with E-state index in [4.69, 9.17) is 0 Å². The number of nitrogens with zero attached hydrogens (tertiary/aromatic N) is 1. The molecule has 0 aliphatic heterocycles.